The molecule has 0 bridgehead atoms. The van der Waals surface area contributed by atoms with E-state index >= 15 is 0 Å². The van der Waals surface area contributed by atoms with E-state index in [4.69, 9.17) is 27.1 Å². The van der Waals surface area contributed by atoms with E-state index in [0.29, 0.717) is 22.5 Å². The van der Waals surface area contributed by atoms with E-state index in [1.807, 2.05) is 0 Å². The van der Waals surface area contributed by atoms with Gasteiger partial charge in [-0.1, -0.05) is 22.6 Å². The standard InChI is InChI=1S/C12H14ClIN5O5PS/c13-11-17-9(15)4-10(18-11)19(2-16-4)5-3-7(14)12(3,8(21)6(5)20)1-26-25(22,23)24/h2-3,5-8,20-21H,1H2,(H2,15,17,18)(H2,22,23,24)/t3-,5+,6-,7?,8-,12+/m0/s1. The molecular weight excluding hydrogens is 520 g/mol. The van der Waals surface area contributed by atoms with E-state index in [2.05, 4.69) is 37.5 Å². The summed E-state index contributed by atoms with van der Waals surface area (Å²) in [6.07, 6.45) is -0.818. The van der Waals surface area contributed by atoms with Crippen LogP contribution in [-0.4, -0.2) is 61.4 Å². The highest BCUT2D eigenvalue weighted by Crippen LogP contribution is 2.73. The van der Waals surface area contributed by atoms with Crippen LogP contribution in [0.4, 0.5) is 5.82 Å². The third-order valence-corrected chi connectivity index (χ3v) is 9.62. The Balaban J connectivity index is 1.74. The molecule has 2 aliphatic carbocycles. The van der Waals surface area contributed by atoms with E-state index in [0.717, 1.165) is 0 Å². The Morgan fingerprint density at radius 2 is 2.12 bits per heavy atom. The van der Waals surface area contributed by atoms with Gasteiger partial charge in [-0.15, -0.1) is 0 Å². The van der Waals surface area contributed by atoms with E-state index in [1.54, 1.807) is 4.57 Å². The van der Waals surface area contributed by atoms with E-state index < -0.39 is 30.5 Å². The molecule has 10 nitrogen and oxygen atoms in total. The van der Waals surface area contributed by atoms with Crippen molar-refractivity contribution in [3.05, 3.63) is 11.6 Å². The first-order valence-corrected chi connectivity index (χ1v) is 12.3. The van der Waals surface area contributed by atoms with Gasteiger partial charge in [0.15, 0.2) is 11.5 Å². The zero-order chi connectivity index (χ0) is 19.0. The molecule has 6 atom stereocenters. The summed E-state index contributed by atoms with van der Waals surface area (Å²) in [7, 11) is 0. The minimum atomic E-state index is -4.29. The van der Waals surface area contributed by atoms with E-state index in [-0.39, 0.29) is 26.7 Å². The van der Waals surface area contributed by atoms with Gasteiger partial charge in [-0.25, -0.2) is 9.55 Å². The van der Waals surface area contributed by atoms with Crippen molar-refractivity contribution in [1.29, 1.82) is 0 Å². The van der Waals surface area contributed by atoms with Crippen molar-refractivity contribution in [1.82, 2.24) is 19.5 Å². The first-order valence-electron chi connectivity index (χ1n) is 7.44. The molecule has 2 heterocycles. The van der Waals surface area contributed by atoms with E-state index in [9.17, 15) is 14.8 Å². The predicted octanol–water partition coefficient (Wildman–Crippen LogP) is 0.584. The van der Waals surface area contributed by atoms with Crippen LogP contribution in [0.2, 0.25) is 5.28 Å². The van der Waals surface area contributed by atoms with Gasteiger partial charge in [0.25, 0.3) is 0 Å². The smallest absolute Gasteiger partial charge is 0.384 e. The SMILES string of the molecule is Nc1nc(Cl)nc2c1ncn2[C@H]1[C@H](O)[C@H](O)[C@@]2(CSP(=O)(O)O)C(I)[C@H]12. The Bertz CT molecular complexity index is 944. The summed E-state index contributed by atoms with van der Waals surface area (Å²) in [5.74, 6) is -0.0640. The average Bonchev–Trinajstić information content (AvgIpc) is 2.83. The summed E-state index contributed by atoms with van der Waals surface area (Å²) >= 11 is 8.51. The molecular formula is C12H14ClIN5O5PS. The lowest BCUT2D eigenvalue weighted by Gasteiger charge is -2.25. The van der Waals surface area contributed by atoms with Crippen molar-refractivity contribution in [3.63, 3.8) is 0 Å². The zero-order valence-electron chi connectivity index (χ0n) is 12.8. The molecule has 2 aromatic rings. The second kappa shape index (κ2) is 6.14. The zero-order valence-corrected chi connectivity index (χ0v) is 17.5. The van der Waals surface area contributed by atoms with Gasteiger partial charge < -0.3 is 30.3 Å². The lowest BCUT2D eigenvalue weighted by atomic mass is 10.0. The molecule has 14 heteroatoms. The van der Waals surface area contributed by atoms with Crippen LogP contribution in [0.25, 0.3) is 11.2 Å². The molecule has 2 fully saturated rings. The van der Waals surface area contributed by atoms with Crippen molar-refractivity contribution in [3.8, 4) is 0 Å². The number of fused-ring (bicyclic) bond motifs is 2. The number of hydrogen-bond acceptors (Lipinski definition) is 8. The summed E-state index contributed by atoms with van der Waals surface area (Å²) in [5, 5.41) is 21.2. The maximum Gasteiger partial charge on any atom is 0.384 e. The molecule has 2 aliphatic rings. The third-order valence-electron chi connectivity index (χ3n) is 5.16. The summed E-state index contributed by atoms with van der Waals surface area (Å²) < 4.78 is 12.8. The fourth-order valence-electron chi connectivity index (χ4n) is 3.93. The topological polar surface area (TPSA) is 168 Å². The number of rotatable bonds is 4. The molecule has 0 amide bonds. The maximum absolute atomic E-state index is 11.3. The van der Waals surface area contributed by atoms with Crippen molar-refractivity contribution in [2.75, 3.05) is 11.5 Å². The normalized spacial score (nSPS) is 36.5. The minimum absolute atomic E-state index is 0.0365. The molecule has 6 N–H and O–H groups in total. The molecule has 2 saturated carbocycles. The Morgan fingerprint density at radius 1 is 1.42 bits per heavy atom. The van der Waals surface area contributed by atoms with Crippen LogP contribution >= 0.6 is 52.4 Å². The summed E-state index contributed by atoms with van der Waals surface area (Å²) in [6.45, 7) is -4.29. The van der Waals surface area contributed by atoms with Crippen LogP contribution in [-0.2, 0) is 4.57 Å². The first kappa shape index (κ1) is 19.1. The highest BCUT2D eigenvalue weighted by Gasteiger charge is 2.77. The lowest BCUT2D eigenvalue weighted by Crippen LogP contribution is -2.37. The Kier molecular flexibility index (Phi) is 4.52. The molecule has 0 spiro atoms. The second-order valence-corrected chi connectivity index (χ2v) is 11.8. The molecule has 2 aromatic heterocycles. The number of halogens is 2. The Labute approximate surface area is 169 Å². The number of nitrogens with two attached hydrogens (primary N) is 1. The Morgan fingerprint density at radius 3 is 2.77 bits per heavy atom. The third kappa shape index (κ3) is 2.69. The van der Waals surface area contributed by atoms with Gasteiger partial charge in [0, 0.05) is 21.0 Å². The van der Waals surface area contributed by atoms with Gasteiger partial charge in [0.1, 0.15) is 11.6 Å². The van der Waals surface area contributed by atoms with Gasteiger partial charge in [-0.05, 0) is 23.0 Å². The number of anilines is 1. The van der Waals surface area contributed by atoms with E-state index in [1.165, 1.54) is 6.33 Å². The number of imidazole rings is 1. The molecule has 1 unspecified atom stereocenters. The maximum atomic E-state index is 11.3. The molecule has 0 radical (unpaired) electrons. The number of aromatic nitrogens is 4. The quantitative estimate of drug-likeness (QED) is 0.162. The van der Waals surface area contributed by atoms with Gasteiger partial charge >= 0.3 is 6.80 Å². The second-order valence-electron chi connectivity index (χ2n) is 6.43. The van der Waals surface area contributed by atoms with Crippen LogP contribution in [0.1, 0.15) is 6.04 Å². The van der Waals surface area contributed by atoms with Gasteiger partial charge in [0.2, 0.25) is 5.28 Å². The molecule has 4 rings (SSSR count). The highest BCUT2D eigenvalue weighted by molar-refractivity contribution is 14.1. The molecule has 0 aliphatic heterocycles. The van der Waals surface area contributed by atoms with Crippen LogP contribution in [0.3, 0.4) is 0 Å². The number of nitrogen functional groups attached to an aromatic ring is 1. The predicted molar refractivity (Wildman–Crippen MR) is 104 cm³/mol. The number of alkyl halides is 1. The van der Waals surface area contributed by atoms with Crippen molar-refractivity contribution in [2.24, 2.45) is 11.3 Å². The monoisotopic (exact) mass is 533 g/mol. The van der Waals surface area contributed by atoms with Crippen LogP contribution in [0, 0.1) is 11.3 Å². The summed E-state index contributed by atoms with van der Waals surface area (Å²) in [6, 6.07) is -0.570. The first-order chi connectivity index (χ1) is 12.1. The minimum Gasteiger partial charge on any atom is -0.390 e. The number of aliphatic hydroxyl groups excluding tert-OH is 2. The fraction of sp³-hybridized carbons (Fsp3) is 0.583. The lowest BCUT2D eigenvalue weighted by molar-refractivity contribution is -0.0108. The number of nitrogens with zero attached hydrogens (tertiary/aromatic N) is 4. The van der Waals surface area contributed by atoms with Crippen molar-refractivity contribution in [2.45, 2.75) is 22.2 Å². The van der Waals surface area contributed by atoms with Gasteiger partial charge in [0.05, 0.1) is 18.5 Å². The van der Waals surface area contributed by atoms with Crippen LogP contribution < -0.4 is 5.73 Å². The average molecular weight is 534 g/mol. The number of hydrogen-bond donors (Lipinski definition) is 5. The van der Waals surface area contributed by atoms with Crippen LogP contribution in [0.5, 0.6) is 0 Å². The summed E-state index contributed by atoms with van der Waals surface area (Å²) in [5.41, 5.74) is 5.69. The fourth-order valence-corrected chi connectivity index (χ4v) is 8.40. The Hall–Kier alpha value is -0.210. The molecule has 0 aromatic carbocycles. The summed E-state index contributed by atoms with van der Waals surface area (Å²) in [4.78, 5) is 30.5. The van der Waals surface area contributed by atoms with Gasteiger partial charge in [-0.2, -0.15) is 9.97 Å². The largest absolute Gasteiger partial charge is 0.390 e. The molecule has 26 heavy (non-hydrogen) atoms. The van der Waals surface area contributed by atoms with Gasteiger partial charge in [-0.3, -0.25) is 0 Å². The highest BCUT2D eigenvalue weighted by atomic mass is 127. The van der Waals surface area contributed by atoms with Crippen molar-refractivity contribution >= 4 is 69.4 Å². The van der Waals surface area contributed by atoms with Crippen LogP contribution in [0.15, 0.2) is 6.33 Å². The molecule has 0 saturated heterocycles. The number of aliphatic hydroxyl groups is 2. The van der Waals surface area contributed by atoms with Crippen molar-refractivity contribution < 1.29 is 24.6 Å². The molecule has 142 valence electrons.